The van der Waals surface area contributed by atoms with E-state index in [1.807, 2.05) is 72.8 Å². The summed E-state index contributed by atoms with van der Waals surface area (Å²) in [6, 6.07) is 25.1. The highest BCUT2D eigenvalue weighted by atomic mass is 32.1. The monoisotopic (exact) mass is 374 g/mol. The fourth-order valence-electron chi connectivity index (χ4n) is 2.73. The maximum atomic E-state index is 12.5. The Bertz CT molecular complexity index is 1040. The largest absolute Gasteiger partial charge is 0.481 e. The molecule has 1 aromatic heterocycles. The lowest BCUT2D eigenvalue weighted by Gasteiger charge is -2.15. The third-order valence-electron chi connectivity index (χ3n) is 4.10. The quantitative estimate of drug-likeness (QED) is 0.511. The summed E-state index contributed by atoms with van der Waals surface area (Å²) in [6.07, 6.45) is -0.599. The molecule has 5 heteroatoms. The Hall–Kier alpha value is -3.18. The highest BCUT2D eigenvalue weighted by Gasteiger charge is 2.15. The number of rotatable bonds is 5. The zero-order valence-electron chi connectivity index (χ0n) is 14.8. The second kappa shape index (κ2) is 7.60. The normalized spacial score (nSPS) is 11.9. The lowest BCUT2D eigenvalue weighted by atomic mass is 10.2. The number of nitrogens with one attached hydrogen (secondary N) is 1. The molecule has 1 atom stereocenters. The Morgan fingerprint density at radius 3 is 2.59 bits per heavy atom. The molecule has 0 unspecified atom stereocenters. The first kappa shape index (κ1) is 17.2. The molecular weight excluding hydrogens is 356 g/mol. The van der Waals surface area contributed by atoms with Crippen LogP contribution < -0.4 is 10.1 Å². The first-order valence-corrected chi connectivity index (χ1v) is 9.49. The van der Waals surface area contributed by atoms with Crippen LogP contribution in [0, 0.1) is 0 Å². The van der Waals surface area contributed by atoms with Crippen LogP contribution in [0.3, 0.4) is 0 Å². The van der Waals surface area contributed by atoms with Gasteiger partial charge in [-0.3, -0.25) is 4.79 Å². The number of amides is 1. The number of hydrogen-bond donors (Lipinski definition) is 1. The smallest absolute Gasteiger partial charge is 0.265 e. The number of aromatic nitrogens is 1. The number of ether oxygens (including phenoxy) is 1. The molecule has 3 aromatic carbocycles. The molecule has 4 rings (SSSR count). The van der Waals surface area contributed by atoms with Crippen molar-refractivity contribution in [2.45, 2.75) is 13.0 Å². The Morgan fingerprint density at radius 1 is 1.00 bits per heavy atom. The van der Waals surface area contributed by atoms with Crippen molar-refractivity contribution in [3.63, 3.8) is 0 Å². The molecule has 1 heterocycles. The van der Waals surface area contributed by atoms with Crippen molar-refractivity contribution in [1.29, 1.82) is 0 Å². The molecule has 0 spiro atoms. The van der Waals surface area contributed by atoms with Gasteiger partial charge in [-0.05, 0) is 43.3 Å². The summed E-state index contributed by atoms with van der Waals surface area (Å²) in [7, 11) is 0. The third-order valence-corrected chi connectivity index (χ3v) is 5.18. The average Bonchev–Trinajstić information content (AvgIpc) is 3.13. The molecule has 1 N–H and O–H groups in total. The van der Waals surface area contributed by atoms with Gasteiger partial charge in [-0.25, -0.2) is 4.98 Å². The van der Waals surface area contributed by atoms with E-state index in [4.69, 9.17) is 4.74 Å². The van der Waals surface area contributed by atoms with Crippen LogP contribution in [-0.2, 0) is 4.79 Å². The molecule has 27 heavy (non-hydrogen) atoms. The molecule has 0 bridgehead atoms. The van der Waals surface area contributed by atoms with Crippen molar-refractivity contribution in [3.8, 4) is 16.3 Å². The summed E-state index contributed by atoms with van der Waals surface area (Å²) in [5.74, 6) is 0.476. The van der Waals surface area contributed by atoms with Gasteiger partial charge in [-0.15, -0.1) is 11.3 Å². The average molecular weight is 374 g/mol. The number of anilines is 1. The summed E-state index contributed by atoms with van der Waals surface area (Å²) >= 11 is 1.64. The van der Waals surface area contributed by atoms with Crippen molar-refractivity contribution >= 4 is 33.1 Å². The summed E-state index contributed by atoms with van der Waals surface area (Å²) < 4.78 is 6.83. The Labute approximate surface area is 161 Å². The van der Waals surface area contributed by atoms with E-state index in [0.717, 1.165) is 26.5 Å². The molecule has 0 aliphatic heterocycles. The van der Waals surface area contributed by atoms with E-state index in [-0.39, 0.29) is 5.91 Å². The van der Waals surface area contributed by atoms with E-state index in [1.165, 1.54) is 0 Å². The van der Waals surface area contributed by atoms with E-state index in [1.54, 1.807) is 18.3 Å². The molecule has 1 amide bonds. The summed E-state index contributed by atoms with van der Waals surface area (Å²) in [6.45, 7) is 1.74. The molecule has 0 aliphatic carbocycles. The van der Waals surface area contributed by atoms with Crippen LogP contribution in [0.4, 0.5) is 5.69 Å². The number of fused-ring (bicyclic) bond motifs is 1. The van der Waals surface area contributed by atoms with Crippen molar-refractivity contribution in [2.24, 2.45) is 0 Å². The predicted octanol–water partition coefficient (Wildman–Crippen LogP) is 5.37. The number of nitrogens with zero attached hydrogens (tertiary/aromatic N) is 1. The van der Waals surface area contributed by atoms with Crippen molar-refractivity contribution in [1.82, 2.24) is 4.98 Å². The molecule has 0 fully saturated rings. The predicted molar refractivity (Wildman–Crippen MR) is 110 cm³/mol. The minimum Gasteiger partial charge on any atom is -0.481 e. The Morgan fingerprint density at radius 2 is 1.78 bits per heavy atom. The molecule has 0 radical (unpaired) electrons. The minimum absolute atomic E-state index is 0.194. The van der Waals surface area contributed by atoms with Gasteiger partial charge in [0.05, 0.1) is 10.2 Å². The van der Waals surface area contributed by atoms with Gasteiger partial charge in [0.2, 0.25) is 0 Å². The lowest BCUT2D eigenvalue weighted by Crippen LogP contribution is -2.30. The minimum atomic E-state index is -0.599. The van der Waals surface area contributed by atoms with Gasteiger partial charge in [-0.2, -0.15) is 0 Å². The highest BCUT2D eigenvalue weighted by molar-refractivity contribution is 7.21. The molecule has 0 aliphatic rings. The van der Waals surface area contributed by atoms with Crippen LogP contribution in [0.5, 0.6) is 5.75 Å². The van der Waals surface area contributed by atoms with Crippen LogP contribution in [0.25, 0.3) is 20.8 Å². The fourth-order valence-corrected chi connectivity index (χ4v) is 3.69. The van der Waals surface area contributed by atoms with Crippen molar-refractivity contribution < 1.29 is 9.53 Å². The SMILES string of the molecule is C[C@H](Oc1ccccc1)C(=O)Nc1cccc(-c2nc3ccccc3s2)c1. The van der Waals surface area contributed by atoms with Gasteiger partial charge in [0.15, 0.2) is 6.10 Å². The molecule has 0 saturated heterocycles. The number of para-hydroxylation sites is 2. The second-order valence-electron chi connectivity index (χ2n) is 6.13. The van der Waals surface area contributed by atoms with Gasteiger partial charge < -0.3 is 10.1 Å². The van der Waals surface area contributed by atoms with Gasteiger partial charge in [0, 0.05) is 11.3 Å². The number of carbonyl (C=O) groups excluding carboxylic acids is 1. The van der Waals surface area contributed by atoms with Crippen molar-refractivity contribution in [3.05, 3.63) is 78.9 Å². The zero-order chi connectivity index (χ0) is 18.6. The fraction of sp³-hybridized carbons (Fsp3) is 0.0909. The maximum absolute atomic E-state index is 12.5. The number of carbonyl (C=O) groups is 1. The summed E-state index contributed by atoms with van der Waals surface area (Å²) in [5, 5.41) is 3.85. The van der Waals surface area contributed by atoms with Crippen LogP contribution >= 0.6 is 11.3 Å². The van der Waals surface area contributed by atoms with E-state index < -0.39 is 6.10 Å². The first-order valence-electron chi connectivity index (χ1n) is 8.67. The van der Waals surface area contributed by atoms with E-state index >= 15 is 0 Å². The second-order valence-corrected chi connectivity index (χ2v) is 7.16. The van der Waals surface area contributed by atoms with Gasteiger partial charge >= 0.3 is 0 Å². The van der Waals surface area contributed by atoms with E-state index in [9.17, 15) is 4.79 Å². The lowest BCUT2D eigenvalue weighted by molar-refractivity contribution is -0.122. The van der Waals surface area contributed by atoms with E-state index in [0.29, 0.717) is 5.75 Å². The molecule has 4 aromatic rings. The summed E-state index contributed by atoms with van der Waals surface area (Å²) in [4.78, 5) is 17.1. The zero-order valence-corrected chi connectivity index (χ0v) is 15.6. The number of benzene rings is 3. The molecule has 0 saturated carbocycles. The molecular formula is C22H18N2O2S. The number of hydrogen-bond acceptors (Lipinski definition) is 4. The topological polar surface area (TPSA) is 51.2 Å². The first-order chi connectivity index (χ1) is 13.2. The Balaban J connectivity index is 1.49. The van der Waals surface area contributed by atoms with Crippen LogP contribution in [0.15, 0.2) is 78.9 Å². The highest BCUT2D eigenvalue weighted by Crippen LogP contribution is 2.31. The number of thiazole rings is 1. The standard InChI is InChI=1S/C22H18N2O2S/c1-15(26-18-10-3-2-4-11-18)21(25)23-17-9-7-8-16(14-17)22-24-19-12-5-6-13-20(19)27-22/h2-15H,1H3,(H,23,25)/t15-/m0/s1. The van der Waals surface area contributed by atoms with Gasteiger partial charge in [-0.1, -0.05) is 42.5 Å². The Kier molecular flexibility index (Phi) is 4.85. The maximum Gasteiger partial charge on any atom is 0.265 e. The van der Waals surface area contributed by atoms with Gasteiger partial charge in [0.25, 0.3) is 5.91 Å². The van der Waals surface area contributed by atoms with Crippen LogP contribution in [0.1, 0.15) is 6.92 Å². The summed E-state index contributed by atoms with van der Waals surface area (Å²) in [5.41, 5.74) is 2.68. The molecule has 134 valence electrons. The third kappa shape index (κ3) is 3.99. The van der Waals surface area contributed by atoms with Crippen LogP contribution in [-0.4, -0.2) is 17.0 Å². The van der Waals surface area contributed by atoms with Crippen molar-refractivity contribution in [2.75, 3.05) is 5.32 Å². The van der Waals surface area contributed by atoms with Crippen LogP contribution in [0.2, 0.25) is 0 Å². The van der Waals surface area contributed by atoms with E-state index in [2.05, 4.69) is 16.4 Å². The van der Waals surface area contributed by atoms with Gasteiger partial charge in [0.1, 0.15) is 10.8 Å². The molecule has 4 nitrogen and oxygen atoms in total.